The minimum absolute atomic E-state index is 0.101. The third-order valence-electron chi connectivity index (χ3n) is 5.08. The van der Waals surface area contributed by atoms with E-state index in [0.29, 0.717) is 39.9 Å². The van der Waals surface area contributed by atoms with Gasteiger partial charge >= 0.3 is 0 Å². The van der Waals surface area contributed by atoms with Crippen LogP contribution >= 0.6 is 0 Å². The molecule has 2 N–H and O–H groups in total. The van der Waals surface area contributed by atoms with E-state index in [9.17, 15) is 5.11 Å². The molecule has 0 aliphatic carbocycles. The fraction of sp³-hybridized carbons (Fsp3) is 0.476. The lowest BCUT2D eigenvalue weighted by atomic mass is 10.1. The van der Waals surface area contributed by atoms with Gasteiger partial charge in [-0.1, -0.05) is 0 Å². The molecule has 1 unspecified atom stereocenters. The molecular weight excluding hydrogens is 354 g/mol. The minimum atomic E-state index is 0.101. The first-order valence-electron chi connectivity index (χ1n) is 9.68. The van der Waals surface area contributed by atoms with Gasteiger partial charge in [-0.2, -0.15) is 0 Å². The summed E-state index contributed by atoms with van der Waals surface area (Å²) in [5.41, 5.74) is 3.33. The Balaban J connectivity index is 1.57. The van der Waals surface area contributed by atoms with Crippen molar-refractivity contribution >= 4 is 16.9 Å². The molecule has 3 aromatic rings. The predicted octanol–water partition coefficient (Wildman–Crippen LogP) is 3.57. The van der Waals surface area contributed by atoms with Crippen molar-refractivity contribution in [3.05, 3.63) is 29.7 Å². The van der Waals surface area contributed by atoms with Gasteiger partial charge in [-0.25, -0.2) is 4.98 Å². The highest BCUT2D eigenvalue weighted by Gasteiger charge is 2.27. The van der Waals surface area contributed by atoms with Crippen LogP contribution < -0.4 is 10.2 Å². The minimum Gasteiger partial charge on any atom is -0.507 e. The van der Waals surface area contributed by atoms with Crippen molar-refractivity contribution < 1.29 is 9.52 Å². The van der Waals surface area contributed by atoms with Crippen LogP contribution in [0.15, 0.2) is 22.6 Å². The van der Waals surface area contributed by atoms with Crippen LogP contribution in [0.1, 0.15) is 38.6 Å². The first-order chi connectivity index (χ1) is 13.2. The molecule has 4 rings (SSSR count). The molecule has 0 radical (unpaired) electrons. The van der Waals surface area contributed by atoms with Gasteiger partial charge in [-0.3, -0.25) is 0 Å². The fourth-order valence-electron chi connectivity index (χ4n) is 3.85. The maximum absolute atomic E-state index is 10.6. The SMILES string of the molecule is Cc1nc2c(C)c(O)c(-c3ccc(N4CCC(NC(C)(C)C)C4)nn3)cc2o1. The summed E-state index contributed by atoms with van der Waals surface area (Å²) in [7, 11) is 0. The number of hydrogen-bond donors (Lipinski definition) is 2. The van der Waals surface area contributed by atoms with Crippen molar-refractivity contribution in [3.63, 3.8) is 0 Å². The number of fused-ring (bicyclic) bond motifs is 1. The van der Waals surface area contributed by atoms with E-state index < -0.39 is 0 Å². The smallest absolute Gasteiger partial charge is 0.192 e. The van der Waals surface area contributed by atoms with Gasteiger partial charge in [0, 0.05) is 42.7 Å². The van der Waals surface area contributed by atoms with Crippen molar-refractivity contribution in [2.75, 3.05) is 18.0 Å². The van der Waals surface area contributed by atoms with E-state index in [0.717, 1.165) is 25.3 Å². The Labute approximate surface area is 164 Å². The number of nitrogens with zero attached hydrogens (tertiary/aromatic N) is 4. The molecule has 0 spiro atoms. The Morgan fingerprint density at radius 3 is 2.68 bits per heavy atom. The zero-order valence-corrected chi connectivity index (χ0v) is 17.1. The van der Waals surface area contributed by atoms with Crippen LogP contribution in [0.5, 0.6) is 5.75 Å². The van der Waals surface area contributed by atoms with Gasteiger partial charge in [0.1, 0.15) is 11.3 Å². The van der Waals surface area contributed by atoms with Gasteiger partial charge < -0.3 is 19.7 Å². The number of phenolic OH excluding ortho intramolecular Hbond substituents is 1. The lowest BCUT2D eigenvalue weighted by Gasteiger charge is -2.26. The third kappa shape index (κ3) is 3.54. The topological polar surface area (TPSA) is 87.3 Å². The van der Waals surface area contributed by atoms with Crippen LogP contribution in [0.25, 0.3) is 22.4 Å². The van der Waals surface area contributed by atoms with Crippen LogP contribution in [-0.2, 0) is 0 Å². The second kappa shape index (κ2) is 6.74. The van der Waals surface area contributed by atoms with Crippen LogP contribution in [0.3, 0.4) is 0 Å². The van der Waals surface area contributed by atoms with E-state index in [4.69, 9.17) is 4.42 Å². The Bertz CT molecular complexity index is 1000. The van der Waals surface area contributed by atoms with Gasteiger partial charge in [0.05, 0.1) is 5.69 Å². The quantitative estimate of drug-likeness (QED) is 0.717. The summed E-state index contributed by atoms with van der Waals surface area (Å²) in [6.07, 6.45) is 1.09. The first-order valence-corrected chi connectivity index (χ1v) is 9.68. The number of phenols is 1. The monoisotopic (exact) mass is 381 g/mol. The van der Waals surface area contributed by atoms with E-state index in [-0.39, 0.29) is 11.3 Å². The Hall–Kier alpha value is -2.67. The lowest BCUT2D eigenvalue weighted by Crippen LogP contribution is -2.45. The van der Waals surface area contributed by atoms with E-state index in [1.165, 1.54) is 0 Å². The molecule has 1 aliphatic rings. The third-order valence-corrected chi connectivity index (χ3v) is 5.08. The molecule has 148 valence electrons. The van der Waals surface area contributed by atoms with Crippen molar-refractivity contribution in [1.82, 2.24) is 20.5 Å². The summed E-state index contributed by atoms with van der Waals surface area (Å²) >= 11 is 0. The number of rotatable bonds is 3. The molecule has 7 heteroatoms. The summed E-state index contributed by atoms with van der Waals surface area (Å²) < 4.78 is 5.64. The summed E-state index contributed by atoms with van der Waals surface area (Å²) in [4.78, 5) is 6.58. The van der Waals surface area contributed by atoms with Gasteiger partial charge in [0.25, 0.3) is 0 Å². The fourth-order valence-corrected chi connectivity index (χ4v) is 3.85. The van der Waals surface area contributed by atoms with Crippen molar-refractivity contribution in [1.29, 1.82) is 0 Å². The first kappa shape index (κ1) is 18.7. The van der Waals surface area contributed by atoms with E-state index in [1.54, 1.807) is 13.0 Å². The molecule has 1 fully saturated rings. The molecule has 7 nitrogen and oxygen atoms in total. The van der Waals surface area contributed by atoms with Gasteiger partial charge in [0.15, 0.2) is 17.3 Å². The zero-order chi connectivity index (χ0) is 20.1. The number of hydrogen-bond acceptors (Lipinski definition) is 7. The highest BCUT2D eigenvalue weighted by atomic mass is 16.3. The van der Waals surface area contributed by atoms with Crippen molar-refractivity contribution in [3.8, 4) is 17.0 Å². The zero-order valence-electron chi connectivity index (χ0n) is 17.1. The standard InChI is InChI=1S/C21H27N5O2/c1-12-19-17(28-13(2)22-19)10-15(20(12)27)16-6-7-18(25-24-16)26-9-8-14(11-26)23-21(3,4)5/h6-7,10,14,23,27H,8-9,11H2,1-5H3. The van der Waals surface area contributed by atoms with Crippen LogP contribution in [0.4, 0.5) is 5.82 Å². The Morgan fingerprint density at radius 1 is 1.21 bits per heavy atom. The maximum Gasteiger partial charge on any atom is 0.192 e. The van der Waals surface area contributed by atoms with Crippen molar-refractivity contribution in [2.45, 2.75) is 52.6 Å². The molecule has 1 atom stereocenters. The van der Waals surface area contributed by atoms with E-state index in [2.05, 4.69) is 46.2 Å². The Morgan fingerprint density at radius 2 is 2.00 bits per heavy atom. The number of oxazole rings is 1. The maximum atomic E-state index is 10.6. The normalized spacial score (nSPS) is 17.6. The van der Waals surface area contributed by atoms with Crippen molar-refractivity contribution in [2.24, 2.45) is 0 Å². The molecule has 0 saturated carbocycles. The summed E-state index contributed by atoms with van der Waals surface area (Å²) in [6, 6.07) is 6.09. The number of nitrogens with one attached hydrogen (secondary N) is 1. The second-order valence-corrected chi connectivity index (χ2v) is 8.58. The van der Waals surface area contributed by atoms with Gasteiger partial charge in [0.2, 0.25) is 0 Å². The summed E-state index contributed by atoms with van der Waals surface area (Å²) in [5, 5.41) is 23.1. The number of benzene rings is 1. The number of aromatic hydroxyl groups is 1. The largest absolute Gasteiger partial charge is 0.507 e. The van der Waals surface area contributed by atoms with Gasteiger partial charge in [-0.05, 0) is 52.3 Å². The molecule has 1 aliphatic heterocycles. The molecule has 0 bridgehead atoms. The molecule has 0 amide bonds. The number of anilines is 1. The lowest BCUT2D eigenvalue weighted by molar-refractivity contribution is 0.373. The van der Waals surface area contributed by atoms with E-state index >= 15 is 0 Å². The predicted molar refractivity (Wildman–Crippen MR) is 110 cm³/mol. The van der Waals surface area contributed by atoms with Crippen LogP contribution in [-0.4, -0.2) is 45.0 Å². The highest BCUT2D eigenvalue weighted by molar-refractivity contribution is 5.87. The van der Waals surface area contributed by atoms with Gasteiger partial charge in [-0.15, -0.1) is 10.2 Å². The average molecular weight is 381 g/mol. The summed E-state index contributed by atoms with van der Waals surface area (Å²) in [5.74, 6) is 1.59. The highest BCUT2D eigenvalue weighted by Crippen LogP contribution is 2.36. The number of aromatic nitrogens is 3. The average Bonchev–Trinajstić information content (AvgIpc) is 3.23. The molecule has 1 saturated heterocycles. The second-order valence-electron chi connectivity index (χ2n) is 8.58. The molecule has 28 heavy (non-hydrogen) atoms. The molecular formula is C21H27N5O2. The molecule has 2 aromatic heterocycles. The Kier molecular flexibility index (Phi) is 4.50. The molecule has 3 heterocycles. The van der Waals surface area contributed by atoms with Crippen LogP contribution in [0, 0.1) is 13.8 Å². The number of aryl methyl sites for hydroxylation is 2. The van der Waals surface area contributed by atoms with E-state index in [1.807, 2.05) is 19.1 Å². The summed E-state index contributed by atoms with van der Waals surface area (Å²) in [6.45, 7) is 12.1. The van der Waals surface area contributed by atoms with Crippen LogP contribution in [0.2, 0.25) is 0 Å². The molecule has 1 aromatic carbocycles.